The minimum atomic E-state index is -0.815. The third-order valence-electron chi connectivity index (χ3n) is 5.38. The van der Waals surface area contributed by atoms with Crippen molar-refractivity contribution in [2.24, 2.45) is 7.05 Å². The van der Waals surface area contributed by atoms with Crippen LogP contribution >= 0.6 is 0 Å². The van der Waals surface area contributed by atoms with E-state index in [0.717, 1.165) is 22.2 Å². The van der Waals surface area contributed by atoms with Crippen molar-refractivity contribution in [3.63, 3.8) is 0 Å². The van der Waals surface area contributed by atoms with Gasteiger partial charge in [-0.1, -0.05) is 72.3 Å². The van der Waals surface area contributed by atoms with Crippen LogP contribution in [0.4, 0.5) is 0 Å². The number of aliphatic hydroxyl groups excluding tert-OH is 1. The molecule has 0 bridgehead atoms. The molecule has 2 atom stereocenters. The zero-order valence-corrected chi connectivity index (χ0v) is 17.2. The van der Waals surface area contributed by atoms with Gasteiger partial charge in [-0.15, -0.1) is 0 Å². The molecule has 5 heteroatoms. The molecule has 4 aromatic rings. The van der Waals surface area contributed by atoms with E-state index < -0.39 is 6.10 Å². The number of rotatable bonds is 7. The fraction of sp³-hybridized carbons (Fsp3) is 0.240. The molecule has 3 aromatic carbocycles. The molecule has 0 radical (unpaired) electrons. The summed E-state index contributed by atoms with van der Waals surface area (Å²) in [6.07, 6.45) is -1.10. The van der Waals surface area contributed by atoms with Crippen LogP contribution in [-0.4, -0.2) is 27.0 Å². The minimum Gasteiger partial charge on any atom is -0.389 e. The van der Waals surface area contributed by atoms with Crippen molar-refractivity contribution >= 4 is 11.0 Å². The van der Waals surface area contributed by atoms with E-state index in [4.69, 9.17) is 4.74 Å². The van der Waals surface area contributed by atoms with Crippen molar-refractivity contribution < 1.29 is 9.84 Å². The molecule has 0 aliphatic carbocycles. The summed E-state index contributed by atoms with van der Waals surface area (Å²) < 4.78 is 9.38. The normalized spacial score (nSPS) is 13.4. The number of ether oxygens (including phenoxy) is 1. The Morgan fingerprint density at radius 1 is 0.867 bits per heavy atom. The Morgan fingerprint density at radius 3 is 2.17 bits per heavy atom. The van der Waals surface area contributed by atoms with Crippen molar-refractivity contribution in [1.29, 1.82) is 0 Å². The van der Waals surface area contributed by atoms with Crippen molar-refractivity contribution in [2.45, 2.75) is 25.7 Å². The van der Waals surface area contributed by atoms with Gasteiger partial charge in [0.05, 0.1) is 30.3 Å². The molecule has 1 N–H and O–H groups in total. The van der Waals surface area contributed by atoms with E-state index in [1.165, 1.54) is 5.56 Å². The molecule has 0 spiro atoms. The third kappa shape index (κ3) is 4.08. The highest BCUT2D eigenvalue weighted by Crippen LogP contribution is 2.26. The molecule has 30 heavy (non-hydrogen) atoms. The number of hydrogen-bond donors (Lipinski definition) is 1. The van der Waals surface area contributed by atoms with Gasteiger partial charge in [0.25, 0.3) is 0 Å². The molecule has 5 nitrogen and oxygen atoms in total. The molecule has 1 heterocycles. The van der Waals surface area contributed by atoms with Crippen LogP contribution in [0, 0.1) is 6.92 Å². The maximum absolute atomic E-state index is 12.6. The van der Waals surface area contributed by atoms with E-state index in [2.05, 4.69) is 24.3 Å². The lowest BCUT2D eigenvalue weighted by atomic mass is 10.0. The first-order chi connectivity index (χ1) is 14.5. The number of nitrogens with zero attached hydrogens (tertiary/aromatic N) is 2. The second kappa shape index (κ2) is 8.69. The molecular weight excluding hydrogens is 376 g/mol. The quantitative estimate of drug-likeness (QED) is 0.511. The zero-order valence-electron chi connectivity index (χ0n) is 17.2. The summed E-state index contributed by atoms with van der Waals surface area (Å²) in [6.45, 7) is 2.34. The van der Waals surface area contributed by atoms with Crippen LogP contribution in [0.25, 0.3) is 11.0 Å². The first kappa shape index (κ1) is 20.1. The predicted octanol–water partition coefficient (Wildman–Crippen LogP) is 3.82. The van der Waals surface area contributed by atoms with Gasteiger partial charge in [-0.05, 0) is 30.2 Å². The Labute approximate surface area is 175 Å². The molecule has 0 aliphatic heterocycles. The number of para-hydroxylation sites is 2. The lowest BCUT2D eigenvalue weighted by molar-refractivity contribution is -0.000531. The van der Waals surface area contributed by atoms with Crippen molar-refractivity contribution in [3.8, 4) is 0 Å². The Morgan fingerprint density at radius 2 is 1.47 bits per heavy atom. The summed E-state index contributed by atoms with van der Waals surface area (Å²) in [7, 11) is 1.74. The Bertz CT molecular complexity index is 1180. The third-order valence-corrected chi connectivity index (χ3v) is 5.38. The number of benzene rings is 3. The van der Waals surface area contributed by atoms with Crippen LogP contribution < -0.4 is 5.69 Å². The summed E-state index contributed by atoms with van der Waals surface area (Å²) in [4.78, 5) is 12.6. The number of aryl methyl sites for hydroxylation is 2. The van der Waals surface area contributed by atoms with Crippen molar-refractivity contribution in [3.05, 3.63) is 106 Å². The van der Waals surface area contributed by atoms with E-state index >= 15 is 0 Å². The topological polar surface area (TPSA) is 56.4 Å². The van der Waals surface area contributed by atoms with E-state index in [-0.39, 0.29) is 24.9 Å². The first-order valence-electron chi connectivity index (χ1n) is 10.1. The number of hydrogen-bond acceptors (Lipinski definition) is 3. The fourth-order valence-electron chi connectivity index (χ4n) is 3.76. The molecule has 1 aromatic heterocycles. The standard InChI is InChI=1S/C25H26N2O3/c1-18-12-14-20(15-13-18)24(19-8-4-3-5-9-19)30-17-21(28)16-27-23-11-7-6-10-22(23)26(2)25(27)29/h3-15,21,24,28H,16-17H2,1-2H3. The van der Waals surface area contributed by atoms with E-state index in [1.54, 1.807) is 16.2 Å². The maximum atomic E-state index is 12.6. The molecule has 0 amide bonds. The molecular formula is C25H26N2O3. The number of aromatic nitrogens is 2. The highest BCUT2D eigenvalue weighted by Gasteiger charge is 2.19. The average Bonchev–Trinajstić information content (AvgIpc) is 3.01. The van der Waals surface area contributed by atoms with Crippen LogP contribution in [0.1, 0.15) is 22.8 Å². The second-order valence-electron chi connectivity index (χ2n) is 7.63. The number of imidazole rings is 1. The van der Waals surface area contributed by atoms with Gasteiger partial charge in [-0.2, -0.15) is 0 Å². The molecule has 0 saturated carbocycles. The molecule has 0 fully saturated rings. The Balaban J connectivity index is 1.54. The smallest absolute Gasteiger partial charge is 0.328 e. The average molecular weight is 402 g/mol. The van der Waals surface area contributed by atoms with Gasteiger partial charge >= 0.3 is 5.69 Å². The summed E-state index contributed by atoms with van der Waals surface area (Å²) >= 11 is 0. The van der Waals surface area contributed by atoms with E-state index in [1.807, 2.05) is 61.5 Å². The van der Waals surface area contributed by atoms with Crippen LogP contribution in [0.5, 0.6) is 0 Å². The Hall–Kier alpha value is -3.15. The molecule has 0 saturated heterocycles. The summed E-state index contributed by atoms with van der Waals surface area (Å²) in [5.74, 6) is 0. The largest absolute Gasteiger partial charge is 0.389 e. The highest BCUT2D eigenvalue weighted by molar-refractivity contribution is 5.75. The first-order valence-corrected chi connectivity index (χ1v) is 10.1. The lowest BCUT2D eigenvalue weighted by Crippen LogP contribution is -2.30. The van der Waals surface area contributed by atoms with Crippen LogP contribution in [0.2, 0.25) is 0 Å². The SMILES string of the molecule is Cc1ccc(C(OCC(O)Cn2c(=O)n(C)c3ccccc32)c2ccccc2)cc1. The van der Waals surface area contributed by atoms with Crippen LogP contribution in [0.3, 0.4) is 0 Å². The molecule has 0 aliphatic rings. The Kier molecular flexibility index (Phi) is 5.84. The van der Waals surface area contributed by atoms with E-state index in [9.17, 15) is 9.90 Å². The van der Waals surface area contributed by atoms with Crippen LogP contribution in [-0.2, 0) is 18.3 Å². The fourth-order valence-corrected chi connectivity index (χ4v) is 3.76. The summed E-state index contributed by atoms with van der Waals surface area (Å²) in [5, 5.41) is 10.7. The van der Waals surface area contributed by atoms with Gasteiger partial charge < -0.3 is 9.84 Å². The summed E-state index contributed by atoms with van der Waals surface area (Å²) in [5.41, 5.74) is 4.74. The van der Waals surface area contributed by atoms with E-state index in [0.29, 0.717) is 0 Å². The minimum absolute atomic E-state index is 0.114. The van der Waals surface area contributed by atoms with Gasteiger partial charge in [0.2, 0.25) is 0 Å². The predicted molar refractivity (Wildman–Crippen MR) is 119 cm³/mol. The van der Waals surface area contributed by atoms with Crippen LogP contribution in [0.15, 0.2) is 83.7 Å². The summed E-state index contributed by atoms with van der Waals surface area (Å²) in [6, 6.07) is 25.8. The number of fused-ring (bicyclic) bond motifs is 1. The van der Waals surface area contributed by atoms with Gasteiger partial charge in [-0.3, -0.25) is 9.13 Å². The van der Waals surface area contributed by atoms with Gasteiger partial charge in [0.1, 0.15) is 6.10 Å². The van der Waals surface area contributed by atoms with Gasteiger partial charge in [0.15, 0.2) is 0 Å². The monoisotopic (exact) mass is 402 g/mol. The molecule has 4 rings (SSSR count). The number of aliphatic hydroxyl groups is 1. The zero-order chi connectivity index (χ0) is 21.1. The molecule has 154 valence electrons. The van der Waals surface area contributed by atoms with Crippen molar-refractivity contribution in [2.75, 3.05) is 6.61 Å². The second-order valence-corrected chi connectivity index (χ2v) is 7.63. The van der Waals surface area contributed by atoms with Crippen molar-refractivity contribution in [1.82, 2.24) is 9.13 Å². The highest BCUT2D eigenvalue weighted by atomic mass is 16.5. The molecule has 2 unspecified atom stereocenters. The lowest BCUT2D eigenvalue weighted by Gasteiger charge is -2.21. The van der Waals surface area contributed by atoms with Gasteiger partial charge in [-0.25, -0.2) is 4.79 Å². The maximum Gasteiger partial charge on any atom is 0.328 e. The van der Waals surface area contributed by atoms with Gasteiger partial charge in [0, 0.05) is 7.05 Å².